The molecule has 0 aliphatic carbocycles. The smallest absolute Gasteiger partial charge is 0.236 e. The first-order chi connectivity index (χ1) is 6.33. The quantitative estimate of drug-likeness (QED) is 0.265. The van der Waals surface area contributed by atoms with E-state index in [1.807, 2.05) is 5.43 Å². The minimum atomic E-state index is -0.202. The second kappa shape index (κ2) is 5.90. The van der Waals surface area contributed by atoms with Gasteiger partial charge in [0.2, 0.25) is 5.91 Å². The van der Waals surface area contributed by atoms with Gasteiger partial charge in [-0.3, -0.25) is 10.2 Å². The van der Waals surface area contributed by atoms with Gasteiger partial charge in [-0.2, -0.15) is 0 Å². The van der Waals surface area contributed by atoms with Gasteiger partial charge in [0.25, 0.3) is 0 Å². The normalized spacial score (nSPS) is 21.8. The standard InChI is InChI=1S/C8H16N2O3/c9-10-8(11)3-5-12-6-7-2-1-4-13-7/h7H,1-6,9H2,(H,10,11). The van der Waals surface area contributed by atoms with Crippen molar-refractivity contribution in [3.05, 3.63) is 0 Å². The second-order valence-electron chi connectivity index (χ2n) is 3.03. The van der Waals surface area contributed by atoms with Crippen molar-refractivity contribution in [1.82, 2.24) is 5.43 Å². The Morgan fingerprint density at radius 3 is 3.15 bits per heavy atom. The fraction of sp³-hybridized carbons (Fsp3) is 0.875. The van der Waals surface area contributed by atoms with E-state index in [0.29, 0.717) is 19.6 Å². The number of hydrogen-bond acceptors (Lipinski definition) is 4. The molecule has 1 aliphatic rings. The molecule has 5 nitrogen and oxygen atoms in total. The number of carbonyl (C=O) groups excluding carboxylic acids is 1. The van der Waals surface area contributed by atoms with E-state index in [2.05, 4.69) is 0 Å². The molecule has 5 heteroatoms. The van der Waals surface area contributed by atoms with E-state index in [-0.39, 0.29) is 12.0 Å². The molecule has 1 aliphatic heterocycles. The van der Waals surface area contributed by atoms with Crippen LogP contribution in [0.5, 0.6) is 0 Å². The predicted molar refractivity (Wildman–Crippen MR) is 46.7 cm³/mol. The van der Waals surface area contributed by atoms with E-state index in [1.165, 1.54) is 0 Å². The fourth-order valence-corrected chi connectivity index (χ4v) is 1.23. The maximum atomic E-state index is 10.7. The summed E-state index contributed by atoms with van der Waals surface area (Å²) in [5.41, 5.74) is 2.04. The maximum absolute atomic E-state index is 10.7. The molecule has 1 fully saturated rings. The zero-order chi connectivity index (χ0) is 9.52. The van der Waals surface area contributed by atoms with Gasteiger partial charge in [-0.1, -0.05) is 0 Å². The van der Waals surface area contributed by atoms with E-state index in [4.69, 9.17) is 15.3 Å². The summed E-state index contributed by atoms with van der Waals surface area (Å²) < 4.78 is 10.6. The molecule has 0 aromatic carbocycles. The number of rotatable bonds is 5. The molecule has 13 heavy (non-hydrogen) atoms. The van der Waals surface area contributed by atoms with Crippen molar-refractivity contribution in [1.29, 1.82) is 0 Å². The SMILES string of the molecule is NNC(=O)CCOCC1CCCO1. The molecule has 1 atom stereocenters. The summed E-state index contributed by atoms with van der Waals surface area (Å²) in [6.45, 7) is 1.82. The van der Waals surface area contributed by atoms with Gasteiger partial charge in [-0.15, -0.1) is 0 Å². The lowest BCUT2D eigenvalue weighted by Crippen LogP contribution is -2.31. The van der Waals surface area contributed by atoms with Crippen LogP contribution in [0.2, 0.25) is 0 Å². The molecule has 0 radical (unpaired) electrons. The zero-order valence-corrected chi connectivity index (χ0v) is 7.62. The zero-order valence-electron chi connectivity index (χ0n) is 7.62. The third kappa shape index (κ3) is 4.21. The highest BCUT2D eigenvalue weighted by molar-refractivity contribution is 5.75. The van der Waals surface area contributed by atoms with E-state index in [9.17, 15) is 4.79 Å². The monoisotopic (exact) mass is 188 g/mol. The highest BCUT2D eigenvalue weighted by atomic mass is 16.5. The highest BCUT2D eigenvalue weighted by Gasteiger charge is 2.15. The van der Waals surface area contributed by atoms with Crippen molar-refractivity contribution >= 4 is 5.91 Å². The summed E-state index contributed by atoms with van der Waals surface area (Å²) in [6.07, 6.45) is 2.70. The summed E-state index contributed by atoms with van der Waals surface area (Å²) in [7, 11) is 0. The Kier molecular flexibility index (Phi) is 4.74. The van der Waals surface area contributed by atoms with Crippen LogP contribution in [0.15, 0.2) is 0 Å². The lowest BCUT2D eigenvalue weighted by Gasteiger charge is -2.09. The summed E-state index contributed by atoms with van der Waals surface area (Å²) in [5.74, 6) is 4.70. The van der Waals surface area contributed by atoms with Crippen LogP contribution in [0.1, 0.15) is 19.3 Å². The second-order valence-corrected chi connectivity index (χ2v) is 3.03. The molecule has 76 valence electrons. The van der Waals surface area contributed by atoms with E-state index in [1.54, 1.807) is 0 Å². The molecular weight excluding hydrogens is 172 g/mol. The number of carbonyl (C=O) groups is 1. The highest BCUT2D eigenvalue weighted by Crippen LogP contribution is 2.11. The van der Waals surface area contributed by atoms with Crippen LogP contribution in [-0.4, -0.2) is 31.8 Å². The summed E-state index contributed by atoms with van der Waals surface area (Å²) in [6, 6.07) is 0. The van der Waals surface area contributed by atoms with Crippen molar-refractivity contribution in [3.8, 4) is 0 Å². The average molecular weight is 188 g/mol. The Bertz CT molecular complexity index is 157. The lowest BCUT2D eigenvalue weighted by atomic mass is 10.2. The summed E-state index contributed by atoms with van der Waals surface area (Å²) in [4.78, 5) is 10.7. The predicted octanol–water partition coefficient (Wildman–Crippen LogP) is -0.438. The van der Waals surface area contributed by atoms with Crippen molar-refractivity contribution < 1.29 is 14.3 Å². The van der Waals surface area contributed by atoms with Gasteiger partial charge in [-0.05, 0) is 12.8 Å². The lowest BCUT2D eigenvalue weighted by molar-refractivity contribution is -0.122. The number of nitrogens with one attached hydrogen (secondary N) is 1. The molecule has 0 bridgehead atoms. The van der Waals surface area contributed by atoms with E-state index < -0.39 is 0 Å². The summed E-state index contributed by atoms with van der Waals surface area (Å²) >= 11 is 0. The van der Waals surface area contributed by atoms with E-state index in [0.717, 1.165) is 19.4 Å². The molecule has 1 amide bonds. The Balaban J connectivity index is 1.91. The minimum Gasteiger partial charge on any atom is -0.378 e. The third-order valence-corrected chi connectivity index (χ3v) is 1.96. The molecule has 0 saturated carbocycles. The molecule has 3 N–H and O–H groups in total. The van der Waals surface area contributed by atoms with Crippen LogP contribution < -0.4 is 11.3 Å². The van der Waals surface area contributed by atoms with Gasteiger partial charge in [0.1, 0.15) is 0 Å². The largest absolute Gasteiger partial charge is 0.378 e. The number of hydrazine groups is 1. The molecule has 1 unspecified atom stereocenters. The summed E-state index contributed by atoms with van der Waals surface area (Å²) in [5, 5.41) is 0. The number of ether oxygens (including phenoxy) is 2. The van der Waals surface area contributed by atoms with Crippen LogP contribution in [0, 0.1) is 0 Å². The molecule has 1 saturated heterocycles. The van der Waals surface area contributed by atoms with Gasteiger partial charge >= 0.3 is 0 Å². The van der Waals surface area contributed by atoms with Crippen LogP contribution >= 0.6 is 0 Å². The number of nitrogens with two attached hydrogens (primary N) is 1. The minimum absolute atomic E-state index is 0.202. The topological polar surface area (TPSA) is 73.6 Å². The molecule has 0 spiro atoms. The van der Waals surface area contributed by atoms with Crippen LogP contribution in [0.4, 0.5) is 0 Å². The van der Waals surface area contributed by atoms with Crippen molar-refractivity contribution in [2.24, 2.45) is 5.84 Å². The van der Waals surface area contributed by atoms with Gasteiger partial charge in [0.05, 0.1) is 25.7 Å². The molecule has 0 aromatic heterocycles. The number of amides is 1. The third-order valence-electron chi connectivity index (χ3n) is 1.96. The van der Waals surface area contributed by atoms with Crippen molar-refractivity contribution in [2.75, 3.05) is 19.8 Å². The van der Waals surface area contributed by atoms with Gasteiger partial charge in [0, 0.05) is 6.61 Å². The van der Waals surface area contributed by atoms with Crippen LogP contribution in [-0.2, 0) is 14.3 Å². The maximum Gasteiger partial charge on any atom is 0.236 e. The molecule has 1 rings (SSSR count). The average Bonchev–Trinajstić information content (AvgIpc) is 2.64. The van der Waals surface area contributed by atoms with Crippen LogP contribution in [0.3, 0.4) is 0 Å². The van der Waals surface area contributed by atoms with E-state index >= 15 is 0 Å². The fourth-order valence-electron chi connectivity index (χ4n) is 1.23. The first-order valence-electron chi connectivity index (χ1n) is 4.51. The Labute approximate surface area is 77.5 Å². The van der Waals surface area contributed by atoms with Gasteiger partial charge < -0.3 is 9.47 Å². The van der Waals surface area contributed by atoms with Crippen molar-refractivity contribution in [2.45, 2.75) is 25.4 Å². The Hall–Kier alpha value is -0.650. The van der Waals surface area contributed by atoms with Gasteiger partial charge in [-0.25, -0.2) is 5.84 Å². The first kappa shape index (κ1) is 10.4. The Morgan fingerprint density at radius 2 is 2.54 bits per heavy atom. The number of hydrogen-bond donors (Lipinski definition) is 2. The van der Waals surface area contributed by atoms with Crippen LogP contribution in [0.25, 0.3) is 0 Å². The van der Waals surface area contributed by atoms with Crippen molar-refractivity contribution in [3.63, 3.8) is 0 Å². The molecule has 0 aromatic rings. The first-order valence-corrected chi connectivity index (χ1v) is 4.51. The Morgan fingerprint density at radius 1 is 1.69 bits per heavy atom. The molecular formula is C8H16N2O3. The van der Waals surface area contributed by atoms with Gasteiger partial charge in [0.15, 0.2) is 0 Å². The molecule has 1 heterocycles.